The van der Waals surface area contributed by atoms with Gasteiger partial charge in [0.15, 0.2) is 0 Å². The Hall–Kier alpha value is -0.530. The van der Waals surface area contributed by atoms with Gasteiger partial charge in [-0.3, -0.25) is 4.79 Å². The van der Waals surface area contributed by atoms with Crippen molar-refractivity contribution in [3.63, 3.8) is 0 Å². The van der Waals surface area contributed by atoms with Crippen LogP contribution < -0.4 is 0 Å². The van der Waals surface area contributed by atoms with E-state index in [0.29, 0.717) is 5.41 Å². The van der Waals surface area contributed by atoms with Gasteiger partial charge in [-0.15, -0.1) is 0 Å². The molecule has 0 aromatic rings. The fraction of sp³-hybridized carbons (Fsp3) is 0.933. The zero-order chi connectivity index (χ0) is 13.3. The van der Waals surface area contributed by atoms with Crippen molar-refractivity contribution in [2.45, 2.75) is 79.1 Å². The summed E-state index contributed by atoms with van der Waals surface area (Å²) in [6.45, 7) is 8.67. The molecule has 0 aliphatic carbocycles. The van der Waals surface area contributed by atoms with Gasteiger partial charge < -0.3 is 5.11 Å². The van der Waals surface area contributed by atoms with Crippen LogP contribution in [-0.2, 0) is 4.79 Å². The summed E-state index contributed by atoms with van der Waals surface area (Å²) in [4.78, 5) is 10.6. The van der Waals surface area contributed by atoms with E-state index in [-0.39, 0.29) is 5.92 Å². The predicted molar refractivity (Wildman–Crippen MR) is 73.2 cm³/mol. The van der Waals surface area contributed by atoms with Crippen LogP contribution in [0.2, 0.25) is 0 Å². The van der Waals surface area contributed by atoms with Gasteiger partial charge >= 0.3 is 5.97 Å². The summed E-state index contributed by atoms with van der Waals surface area (Å²) in [6, 6.07) is 0. The predicted octanol–water partition coefficient (Wildman–Crippen LogP) is 4.87. The first-order chi connectivity index (χ1) is 7.83. The van der Waals surface area contributed by atoms with Gasteiger partial charge in [-0.05, 0) is 18.3 Å². The highest BCUT2D eigenvalue weighted by Crippen LogP contribution is 2.22. The van der Waals surface area contributed by atoms with Gasteiger partial charge in [0.25, 0.3) is 0 Å². The molecule has 17 heavy (non-hydrogen) atoms. The zero-order valence-electron chi connectivity index (χ0n) is 12.1. The topological polar surface area (TPSA) is 37.3 Å². The van der Waals surface area contributed by atoms with Crippen molar-refractivity contribution in [3.05, 3.63) is 0 Å². The van der Waals surface area contributed by atoms with Gasteiger partial charge in [0.1, 0.15) is 0 Å². The molecule has 0 radical (unpaired) electrons. The second-order valence-corrected chi connectivity index (χ2v) is 6.46. The van der Waals surface area contributed by atoms with Crippen molar-refractivity contribution in [2.24, 2.45) is 11.3 Å². The van der Waals surface area contributed by atoms with Gasteiger partial charge in [0, 0.05) is 0 Å². The number of carboxylic acids is 1. The molecule has 1 N–H and O–H groups in total. The maximum atomic E-state index is 10.6. The quantitative estimate of drug-likeness (QED) is 0.585. The Balaban J connectivity index is 3.22. The van der Waals surface area contributed by atoms with E-state index >= 15 is 0 Å². The van der Waals surface area contributed by atoms with E-state index in [1.54, 1.807) is 6.92 Å². The van der Waals surface area contributed by atoms with Gasteiger partial charge in [-0.25, -0.2) is 0 Å². The molecule has 0 fully saturated rings. The van der Waals surface area contributed by atoms with Gasteiger partial charge in [0.2, 0.25) is 0 Å². The van der Waals surface area contributed by atoms with E-state index in [9.17, 15) is 4.79 Å². The van der Waals surface area contributed by atoms with Crippen molar-refractivity contribution in [1.82, 2.24) is 0 Å². The molecule has 0 heterocycles. The highest BCUT2D eigenvalue weighted by Gasteiger charge is 2.10. The number of rotatable bonds is 9. The lowest BCUT2D eigenvalue weighted by Crippen LogP contribution is -2.08. The number of carboxylic acid groups (broad SMARTS) is 1. The fourth-order valence-electron chi connectivity index (χ4n) is 1.94. The van der Waals surface area contributed by atoms with Crippen LogP contribution in [-0.4, -0.2) is 11.1 Å². The summed E-state index contributed by atoms with van der Waals surface area (Å²) in [5.41, 5.74) is 0.469. The molecule has 0 saturated carbocycles. The highest BCUT2D eigenvalue weighted by atomic mass is 16.4. The number of aliphatic carboxylic acids is 1. The van der Waals surface area contributed by atoms with Crippen LogP contribution in [0.15, 0.2) is 0 Å². The summed E-state index contributed by atoms with van der Waals surface area (Å²) >= 11 is 0. The van der Waals surface area contributed by atoms with E-state index in [0.717, 1.165) is 12.8 Å². The molecule has 0 aliphatic heterocycles. The second kappa shape index (κ2) is 8.54. The van der Waals surface area contributed by atoms with Gasteiger partial charge in [0.05, 0.1) is 5.92 Å². The number of carbonyl (C=O) groups is 1. The number of hydrogen-bond donors (Lipinski definition) is 1. The Labute approximate surface area is 107 Å². The Morgan fingerprint density at radius 2 is 1.47 bits per heavy atom. The molecule has 1 unspecified atom stereocenters. The van der Waals surface area contributed by atoms with Crippen molar-refractivity contribution >= 4 is 5.97 Å². The summed E-state index contributed by atoms with van der Waals surface area (Å²) in [5, 5.41) is 8.73. The molecule has 0 amide bonds. The molecule has 0 aliphatic rings. The standard InChI is InChI=1S/C15H30O2/c1-13(14(16)17)11-9-7-5-6-8-10-12-15(2,3)4/h13H,5-12H2,1-4H3,(H,16,17). The number of hydrogen-bond acceptors (Lipinski definition) is 1. The van der Waals surface area contributed by atoms with E-state index < -0.39 is 5.97 Å². The van der Waals surface area contributed by atoms with Crippen LogP contribution in [0, 0.1) is 11.3 Å². The Kier molecular flexibility index (Phi) is 8.28. The minimum absolute atomic E-state index is 0.170. The monoisotopic (exact) mass is 242 g/mol. The van der Waals surface area contributed by atoms with Crippen molar-refractivity contribution < 1.29 is 9.90 Å². The van der Waals surface area contributed by atoms with Crippen molar-refractivity contribution in [2.75, 3.05) is 0 Å². The number of unbranched alkanes of at least 4 members (excludes halogenated alkanes) is 5. The summed E-state index contributed by atoms with van der Waals surface area (Å²) < 4.78 is 0. The molecule has 0 spiro atoms. The minimum Gasteiger partial charge on any atom is -0.481 e. The third kappa shape index (κ3) is 11.7. The molecule has 0 saturated heterocycles. The Bertz CT molecular complexity index is 203. The Morgan fingerprint density at radius 1 is 1.00 bits per heavy atom. The summed E-state index contributed by atoms with van der Waals surface area (Å²) in [7, 11) is 0. The lowest BCUT2D eigenvalue weighted by atomic mass is 9.89. The molecule has 102 valence electrons. The van der Waals surface area contributed by atoms with E-state index in [1.165, 1.54) is 38.5 Å². The van der Waals surface area contributed by atoms with Crippen molar-refractivity contribution in [3.8, 4) is 0 Å². The maximum Gasteiger partial charge on any atom is 0.306 e. The van der Waals surface area contributed by atoms with Crippen LogP contribution in [0.1, 0.15) is 79.1 Å². The lowest BCUT2D eigenvalue weighted by molar-refractivity contribution is -0.141. The van der Waals surface area contributed by atoms with E-state index in [2.05, 4.69) is 20.8 Å². The smallest absolute Gasteiger partial charge is 0.306 e. The average molecular weight is 242 g/mol. The molecule has 0 aromatic carbocycles. The van der Waals surface area contributed by atoms with Crippen LogP contribution in [0.25, 0.3) is 0 Å². The molecular weight excluding hydrogens is 212 g/mol. The first kappa shape index (κ1) is 16.5. The highest BCUT2D eigenvalue weighted by molar-refractivity contribution is 5.69. The summed E-state index contributed by atoms with van der Waals surface area (Å²) in [5.74, 6) is -0.828. The van der Waals surface area contributed by atoms with Crippen LogP contribution in [0.3, 0.4) is 0 Å². The Morgan fingerprint density at radius 3 is 1.94 bits per heavy atom. The van der Waals surface area contributed by atoms with Crippen LogP contribution in [0.5, 0.6) is 0 Å². The molecule has 0 rings (SSSR count). The van der Waals surface area contributed by atoms with Crippen LogP contribution in [0.4, 0.5) is 0 Å². The average Bonchev–Trinajstić information content (AvgIpc) is 2.19. The molecular formula is C15H30O2. The third-order valence-corrected chi connectivity index (χ3v) is 3.24. The zero-order valence-corrected chi connectivity index (χ0v) is 12.1. The maximum absolute atomic E-state index is 10.6. The van der Waals surface area contributed by atoms with Gasteiger partial charge in [-0.1, -0.05) is 66.2 Å². The first-order valence-electron chi connectivity index (χ1n) is 7.06. The molecule has 0 bridgehead atoms. The molecule has 2 heteroatoms. The van der Waals surface area contributed by atoms with Gasteiger partial charge in [-0.2, -0.15) is 0 Å². The fourth-order valence-corrected chi connectivity index (χ4v) is 1.94. The third-order valence-electron chi connectivity index (χ3n) is 3.24. The minimum atomic E-state index is -0.657. The first-order valence-corrected chi connectivity index (χ1v) is 7.06. The van der Waals surface area contributed by atoms with Crippen LogP contribution >= 0.6 is 0 Å². The molecule has 0 aromatic heterocycles. The summed E-state index contributed by atoms with van der Waals surface area (Å²) in [6.07, 6.45) is 9.61. The van der Waals surface area contributed by atoms with E-state index in [4.69, 9.17) is 5.11 Å². The second-order valence-electron chi connectivity index (χ2n) is 6.46. The molecule has 2 nitrogen and oxygen atoms in total. The lowest BCUT2D eigenvalue weighted by Gasteiger charge is -2.17. The SMILES string of the molecule is CC(CCCCCCCCC(C)(C)C)C(=O)O. The largest absolute Gasteiger partial charge is 0.481 e. The van der Waals surface area contributed by atoms with Crippen molar-refractivity contribution in [1.29, 1.82) is 0 Å². The normalized spacial score (nSPS) is 13.6. The van der Waals surface area contributed by atoms with E-state index in [1.807, 2.05) is 0 Å². The molecule has 1 atom stereocenters.